The number of methoxy groups -OCH3 is 1. The van der Waals surface area contributed by atoms with Gasteiger partial charge in [-0.05, 0) is 12.8 Å². The zero-order valence-electron chi connectivity index (χ0n) is 10.3. The Morgan fingerprint density at radius 3 is 2.75 bits per heavy atom. The number of carbonyl (C=O) groups is 1. The topological polar surface area (TPSA) is 57.0 Å². The zero-order valence-corrected chi connectivity index (χ0v) is 10.3. The maximum atomic E-state index is 11.7. The van der Waals surface area contributed by atoms with Gasteiger partial charge in [0.25, 0.3) is 0 Å². The molecule has 5 heteroatoms. The number of Topliss-reactive ketones (excluding diaryl/α,β-unsaturated/α-hetero) is 1. The molecule has 0 aromatic carbocycles. The summed E-state index contributed by atoms with van der Waals surface area (Å²) < 4.78 is 6.76. The van der Waals surface area contributed by atoms with Gasteiger partial charge in [0.1, 0.15) is 18.3 Å². The van der Waals surface area contributed by atoms with E-state index in [0.29, 0.717) is 11.7 Å². The van der Waals surface area contributed by atoms with Crippen molar-refractivity contribution in [3.8, 4) is 0 Å². The van der Waals surface area contributed by atoms with E-state index < -0.39 is 0 Å². The van der Waals surface area contributed by atoms with Gasteiger partial charge in [0, 0.05) is 13.7 Å². The van der Waals surface area contributed by atoms with Crippen molar-refractivity contribution in [1.82, 2.24) is 14.8 Å². The Hall–Kier alpha value is -1.23. The van der Waals surface area contributed by atoms with Crippen LogP contribution in [-0.4, -0.2) is 33.8 Å². The summed E-state index contributed by atoms with van der Waals surface area (Å²) in [4.78, 5) is 15.8. The van der Waals surface area contributed by atoms with E-state index >= 15 is 0 Å². The second-order valence-electron chi connectivity index (χ2n) is 4.27. The Balaban J connectivity index is 2.66. The molecule has 1 unspecified atom stereocenters. The maximum Gasteiger partial charge on any atom is 0.168 e. The van der Waals surface area contributed by atoms with Crippen LogP contribution in [0.4, 0.5) is 0 Å². The van der Waals surface area contributed by atoms with E-state index in [9.17, 15) is 4.79 Å². The van der Waals surface area contributed by atoms with Gasteiger partial charge in [-0.1, -0.05) is 13.8 Å². The monoisotopic (exact) mass is 225 g/mol. The van der Waals surface area contributed by atoms with E-state index in [2.05, 4.69) is 23.9 Å². The molecule has 1 aromatic heterocycles. The Bertz CT molecular complexity index is 347. The van der Waals surface area contributed by atoms with Gasteiger partial charge in [-0.2, -0.15) is 5.10 Å². The van der Waals surface area contributed by atoms with E-state index in [1.165, 1.54) is 13.4 Å². The van der Waals surface area contributed by atoms with Crippen molar-refractivity contribution in [2.75, 3.05) is 7.11 Å². The molecule has 0 aliphatic heterocycles. The first-order valence-corrected chi connectivity index (χ1v) is 5.46. The molecule has 0 spiro atoms. The molecule has 0 amide bonds. The van der Waals surface area contributed by atoms with Crippen molar-refractivity contribution in [1.29, 1.82) is 0 Å². The number of ketones is 1. The van der Waals surface area contributed by atoms with E-state index in [4.69, 9.17) is 4.74 Å². The van der Waals surface area contributed by atoms with E-state index in [1.807, 2.05) is 0 Å². The fraction of sp³-hybridized carbons (Fsp3) is 0.727. The number of hydrogen-bond donors (Lipinski definition) is 0. The largest absolute Gasteiger partial charge is 0.374 e. The fourth-order valence-corrected chi connectivity index (χ4v) is 1.35. The van der Waals surface area contributed by atoms with Crippen molar-refractivity contribution in [2.24, 2.45) is 5.92 Å². The van der Waals surface area contributed by atoms with Crippen LogP contribution in [0.2, 0.25) is 0 Å². The minimum atomic E-state index is -0.385. The predicted molar refractivity (Wildman–Crippen MR) is 60.0 cm³/mol. The smallest absolute Gasteiger partial charge is 0.168 e. The molecule has 16 heavy (non-hydrogen) atoms. The molecular formula is C11H19N3O2. The predicted octanol–water partition coefficient (Wildman–Crippen LogP) is 1.08. The highest BCUT2D eigenvalue weighted by Gasteiger charge is 2.16. The second kappa shape index (κ2) is 5.75. The van der Waals surface area contributed by atoms with Crippen LogP contribution < -0.4 is 0 Å². The summed E-state index contributed by atoms with van der Waals surface area (Å²) in [5, 5.41) is 4.11. The first kappa shape index (κ1) is 12.8. The summed E-state index contributed by atoms with van der Waals surface area (Å²) in [6.45, 7) is 6.73. The Labute approximate surface area is 95.8 Å². The van der Waals surface area contributed by atoms with Gasteiger partial charge in [-0.15, -0.1) is 0 Å². The van der Waals surface area contributed by atoms with Gasteiger partial charge in [-0.3, -0.25) is 4.79 Å². The molecule has 0 fully saturated rings. The molecule has 1 heterocycles. The summed E-state index contributed by atoms with van der Waals surface area (Å²) in [5.74, 6) is 1.22. The molecule has 1 aromatic rings. The third kappa shape index (κ3) is 3.41. The van der Waals surface area contributed by atoms with E-state index in [1.54, 1.807) is 11.6 Å². The molecule has 0 saturated heterocycles. The fourth-order valence-electron chi connectivity index (χ4n) is 1.35. The highest BCUT2D eigenvalue weighted by Crippen LogP contribution is 2.04. The first-order chi connectivity index (χ1) is 7.54. The average molecular weight is 225 g/mol. The van der Waals surface area contributed by atoms with Crippen molar-refractivity contribution in [2.45, 2.75) is 39.8 Å². The molecule has 1 rings (SSSR count). The van der Waals surface area contributed by atoms with Crippen LogP contribution in [0.3, 0.4) is 0 Å². The minimum Gasteiger partial charge on any atom is -0.374 e. The average Bonchev–Trinajstić information content (AvgIpc) is 2.63. The van der Waals surface area contributed by atoms with Crippen LogP contribution in [0.1, 0.15) is 26.6 Å². The minimum absolute atomic E-state index is 0.0282. The number of ether oxygens (including phenoxy) is 1. The van der Waals surface area contributed by atoms with Crippen molar-refractivity contribution >= 4 is 5.78 Å². The third-order valence-corrected chi connectivity index (χ3v) is 2.37. The highest BCUT2D eigenvalue weighted by atomic mass is 16.5. The van der Waals surface area contributed by atoms with Gasteiger partial charge < -0.3 is 4.74 Å². The molecule has 0 saturated carbocycles. The summed E-state index contributed by atoms with van der Waals surface area (Å²) in [6.07, 6.45) is 1.38. The summed E-state index contributed by atoms with van der Waals surface area (Å²) in [7, 11) is 1.53. The van der Waals surface area contributed by atoms with Crippen LogP contribution >= 0.6 is 0 Å². The maximum absolute atomic E-state index is 11.7. The van der Waals surface area contributed by atoms with Gasteiger partial charge in [-0.25, -0.2) is 9.67 Å². The molecule has 0 N–H and O–H groups in total. The van der Waals surface area contributed by atoms with Crippen LogP contribution in [0.15, 0.2) is 6.33 Å². The van der Waals surface area contributed by atoms with Gasteiger partial charge >= 0.3 is 0 Å². The standard InChI is InChI=1S/C11H19N3O2/c1-8(2)6-14-11(12-7-13-14)5-10(15)9(3)16-4/h7-9H,5-6H2,1-4H3. The first-order valence-electron chi connectivity index (χ1n) is 5.46. The lowest BCUT2D eigenvalue weighted by Crippen LogP contribution is -2.23. The van der Waals surface area contributed by atoms with Gasteiger partial charge in [0.05, 0.1) is 6.42 Å². The summed E-state index contributed by atoms with van der Waals surface area (Å²) >= 11 is 0. The third-order valence-electron chi connectivity index (χ3n) is 2.37. The molecule has 0 aliphatic rings. The lowest BCUT2D eigenvalue weighted by atomic mass is 10.2. The summed E-state index contributed by atoms with van der Waals surface area (Å²) in [5.41, 5.74) is 0. The van der Waals surface area contributed by atoms with Crippen LogP contribution in [0, 0.1) is 5.92 Å². The van der Waals surface area contributed by atoms with Crippen molar-refractivity contribution in [3.05, 3.63) is 12.2 Å². The molecule has 0 aliphatic carbocycles. The Morgan fingerprint density at radius 2 is 2.19 bits per heavy atom. The van der Waals surface area contributed by atoms with Gasteiger partial charge in [0.15, 0.2) is 5.78 Å². The second-order valence-corrected chi connectivity index (χ2v) is 4.27. The van der Waals surface area contributed by atoms with E-state index in [0.717, 1.165) is 6.54 Å². The number of hydrogen-bond acceptors (Lipinski definition) is 4. The lowest BCUT2D eigenvalue weighted by molar-refractivity contribution is -0.127. The zero-order chi connectivity index (χ0) is 12.1. The SMILES string of the molecule is COC(C)C(=O)Cc1ncnn1CC(C)C. The van der Waals surface area contributed by atoms with Crippen LogP contribution in [0.25, 0.3) is 0 Å². The quantitative estimate of drug-likeness (QED) is 0.727. The molecule has 5 nitrogen and oxygen atoms in total. The molecule has 1 atom stereocenters. The highest BCUT2D eigenvalue weighted by molar-refractivity contribution is 5.84. The number of aromatic nitrogens is 3. The molecule has 90 valence electrons. The van der Waals surface area contributed by atoms with E-state index in [-0.39, 0.29) is 18.3 Å². The summed E-state index contributed by atoms with van der Waals surface area (Å²) in [6, 6.07) is 0. The molecule has 0 bridgehead atoms. The molecule has 0 radical (unpaired) electrons. The lowest BCUT2D eigenvalue weighted by Gasteiger charge is -2.10. The van der Waals surface area contributed by atoms with Crippen LogP contribution in [-0.2, 0) is 22.5 Å². The molecular weight excluding hydrogens is 206 g/mol. The number of carbonyl (C=O) groups excluding carboxylic acids is 1. The Morgan fingerprint density at radius 1 is 1.50 bits per heavy atom. The van der Waals surface area contributed by atoms with Crippen LogP contribution in [0.5, 0.6) is 0 Å². The number of nitrogens with zero attached hydrogens (tertiary/aromatic N) is 3. The van der Waals surface area contributed by atoms with Crippen molar-refractivity contribution < 1.29 is 9.53 Å². The van der Waals surface area contributed by atoms with Crippen molar-refractivity contribution in [3.63, 3.8) is 0 Å². The number of rotatable bonds is 6. The Kier molecular flexibility index (Phi) is 4.61. The normalized spacial score (nSPS) is 13.1. The van der Waals surface area contributed by atoms with Gasteiger partial charge in [0.2, 0.25) is 0 Å².